The SMILES string of the molecule is O=C(N[C@H]1COC[C@@H]1N1CCCC1)c1cn(CCN2CCNCC2)nn1. The van der Waals surface area contributed by atoms with Gasteiger partial charge in [0.2, 0.25) is 0 Å². The molecule has 2 N–H and O–H groups in total. The van der Waals surface area contributed by atoms with Crippen molar-refractivity contribution in [3.63, 3.8) is 0 Å². The number of likely N-dealkylation sites (tertiary alicyclic amines) is 1. The van der Waals surface area contributed by atoms with E-state index in [2.05, 4.69) is 30.7 Å². The van der Waals surface area contributed by atoms with Gasteiger partial charge in [-0.2, -0.15) is 0 Å². The number of aromatic nitrogens is 3. The van der Waals surface area contributed by atoms with Gasteiger partial charge in [-0.3, -0.25) is 19.3 Å². The summed E-state index contributed by atoms with van der Waals surface area (Å²) in [6.45, 7) is 9.34. The Morgan fingerprint density at radius 1 is 1.19 bits per heavy atom. The molecule has 0 spiro atoms. The average Bonchev–Trinajstić information content (AvgIpc) is 3.41. The van der Waals surface area contributed by atoms with E-state index in [4.69, 9.17) is 4.74 Å². The largest absolute Gasteiger partial charge is 0.378 e. The van der Waals surface area contributed by atoms with Crippen LogP contribution in [0.15, 0.2) is 6.20 Å². The van der Waals surface area contributed by atoms with Crippen molar-refractivity contribution in [3.05, 3.63) is 11.9 Å². The molecule has 1 aromatic rings. The maximum absolute atomic E-state index is 12.6. The van der Waals surface area contributed by atoms with Gasteiger partial charge in [0.05, 0.1) is 38.0 Å². The predicted octanol–water partition coefficient (Wildman–Crippen LogP) is -1.22. The average molecular weight is 363 g/mol. The molecule has 0 saturated carbocycles. The van der Waals surface area contributed by atoms with Gasteiger partial charge in [0.15, 0.2) is 5.69 Å². The Hall–Kier alpha value is -1.55. The summed E-state index contributed by atoms with van der Waals surface area (Å²) in [5, 5.41) is 14.6. The molecule has 0 aliphatic carbocycles. The molecule has 26 heavy (non-hydrogen) atoms. The number of carbonyl (C=O) groups is 1. The van der Waals surface area contributed by atoms with E-state index >= 15 is 0 Å². The van der Waals surface area contributed by atoms with Crippen LogP contribution in [0, 0.1) is 0 Å². The lowest BCUT2D eigenvalue weighted by Crippen LogP contribution is -2.50. The van der Waals surface area contributed by atoms with Crippen LogP contribution in [0.3, 0.4) is 0 Å². The smallest absolute Gasteiger partial charge is 0.273 e. The van der Waals surface area contributed by atoms with E-state index in [0.29, 0.717) is 18.9 Å². The Bertz CT molecular complexity index is 596. The first-order chi connectivity index (χ1) is 12.8. The first kappa shape index (κ1) is 17.8. The summed E-state index contributed by atoms with van der Waals surface area (Å²) in [6, 6.07) is 0.316. The standard InChI is InChI=1S/C17H29N7O2/c25-17(19-15-12-26-13-16(15)23-5-1-2-6-23)14-11-24(21-20-14)10-9-22-7-3-18-4-8-22/h11,15-16,18H,1-10,12-13H2,(H,19,25)/t15-,16-/m0/s1. The number of hydrogen-bond acceptors (Lipinski definition) is 7. The molecule has 4 heterocycles. The third-order valence-electron chi connectivity index (χ3n) is 5.60. The number of nitrogens with one attached hydrogen (secondary N) is 2. The van der Waals surface area contributed by atoms with E-state index in [-0.39, 0.29) is 18.0 Å². The van der Waals surface area contributed by atoms with Crippen molar-refractivity contribution in [3.8, 4) is 0 Å². The van der Waals surface area contributed by atoms with Crippen molar-refractivity contribution < 1.29 is 9.53 Å². The molecule has 0 bridgehead atoms. The zero-order valence-corrected chi connectivity index (χ0v) is 15.3. The summed E-state index contributed by atoms with van der Waals surface area (Å²) in [6.07, 6.45) is 4.22. The predicted molar refractivity (Wildman–Crippen MR) is 96.0 cm³/mol. The van der Waals surface area contributed by atoms with Gasteiger partial charge in [-0.05, 0) is 25.9 Å². The summed E-state index contributed by atoms with van der Waals surface area (Å²) >= 11 is 0. The molecule has 0 radical (unpaired) electrons. The van der Waals surface area contributed by atoms with Crippen molar-refractivity contribution in [2.24, 2.45) is 0 Å². The van der Waals surface area contributed by atoms with E-state index in [1.807, 2.05) is 0 Å². The Morgan fingerprint density at radius 3 is 2.81 bits per heavy atom. The van der Waals surface area contributed by atoms with Crippen LogP contribution in [0.1, 0.15) is 23.3 Å². The second-order valence-electron chi connectivity index (χ2n) is 7.39. The number of carbonyl (C=O) groups excluding carboxylic acids is 1. The Morgan fingerprint density at radius 2 is 2.00 bits per heavy atom. The van der Waals surface area contributed by atoms with Crippen LogP contribution in [0.2, 0.25) is 0 Å². The minimum atomic E-state index is -0.155. The highest BCUT2D eigenvalue weighted by atomic mass is 16.5. The number of nitrogens with zero attached hydrogens (tertiary/aromatic N) is 5. The Balaban J connectivity index is 1.28. The Kier molecular flexibility index (Phi) is 5.78. The minimum absolute atomic E-state index is 0.0339. The highest BCUT2D eigenvalue weighted by Gasteiger charge is 2.35. The Labute approximate surface area is 154 Å². The minimum Gasteiger partial charge on any atom is -0.378 e. The molecule has 9 nitrogen and oxygen atoms in total. The topological polar surface area (TPSA) is 87.5 Å². The van der Waals surface area contributed by atoms with E-state index in [9.17, 15) is 4.79 Å². The van der Waals surface area contributed by atoms with Gasteiger partial charge in [-0.15, -0.1) is 5.10 Å². The fourth-order valence-electron chi connectivity index (χ4n) is 4.05. The van der Waals surface area contributed by atoms with Crippen LogP contribution in [-0.4, -0.2) is 102 Å². The molecule has 3 aliphatic heterocycles. The van der Waals surface area contributed by atoms with Crippen molar-refractivity contribution in [1.82, 2.24) is 35.4 Å². The lowest BCUT2D eigenvalue weighted by molar-refractivity contribution is 0.0911. The molecule has 1 amide bonds. The summed E-state index contributed by atoms with van der Waals surface area (Å²) in [5.74, 6) is -0.155. The maximum Gasteiger partial charge on any atom is 0.273 e. The monoisotopic (exact) mass is 363 g/mol. The lowest BCUT2D eigenvalue weighted by Gasteiger charge is -2.27. The van der Waals surface area contributed by atoms with Gasteiger partial charge in [-0.25, -0.2) is 0 Å². The van der Waals surface area contributed by atoms with E-state index < -0.39 is 0 Å². The second-order valence-corrected chi connectivity index (χ2v) is 7.39. The molecule has 144 valence electrons. The van der Waals surface area contributed by atoms with Crippen molar-refractivity contribution >= 4 is 5.91 Å². The number of hydrogen-bond donors (Lipinski definition) is 2. The molecular weight excluding hydrogens is 334 g/mol. The van der Waals surface area contributed by atoms with Crippen LogP contribution in [0.5, 0.6) is 0 Å². The molecule has 3 aliphatic rings. The summed E-state index contributed by atoms with van der Waals surface area (Å²) in [5.41, 5.74) is 0.386. The third kappa shape index (κ3) is 4.22. The van der Waals surface area contributed by atoms with Gasteiger partial charge < -0.3 is 15.4 Å². The quantitative estimate of drug-likeness (QED) is 0.655. The van der Waals surface area contributed by atoms with Gasteiger partial charge in [0, 0.05) is 32.7 Å². The molecular formula is C17H29N7O2. The second kappa shape index (κ2) is 8.43. The molecule has 3 fully saturated rings. The molecule has 1 aromatic heterocycles. The number of amides is 1. The number of rotatable bonds is 6. The van der Waals surface area contributed by atoms with Crippen molar-refractivity contribution in [1.29, 1.82) is 0 Å². The van der Waals surface area contributed by atoms with Gasteiger partial charge in [-0.1, -0.05) is 5.21 Å². The molecule has 9 heteroatoms. The van der Waals surface area contributed by atoms with Gasteiger partial charge in [0.25, 0.3) is 5.91 Å². The fourth-order valence-corrected chi connectivity index (χ4v) is 4.05. The normalized spacial score (nSPS) is 27.8. The van der Waals surface area contributed by atoms with Crippen LogP contribution in [-0.2, 0) is 11.3 Å². The summed E-state index contributed by atoms with van der Waals surface area (Å²) in [4.78, 5) is 17.4. The molecule has 2 atom stereocenters. The first-order valence-electron chi connectivity index (χ1n) is 9.75. The van der Waals surface area contributed by atoms with E-state index in [0.717, 1.165) is 52.4 Å². The first-order valence-corrected chi connectivity index (χ1v) is 9.75. The van der Waals surface area contributed by atoms with Crippen LogP contribution in [0.4, 0.5) is 0 Å². The van der Waals surface area contributed by atoms with Crippen LogP contribution < -0.4 is 10.6 Å². The fraction of sp³-hybridized carbons (Fsp3) is 0.824. The van der Waals surface area contributed by atoms with Gasteiger partial charge >= 0.3 is 0 Å². The highest BCUT2D eigenvalue weighted by Crippen LogP contribution is 2.19. The van der Waals surface area contributed by atoms with Crippen LogP contribution >= 0.6 is 0 Å². The number of ether oxygens (including phenoxy) is 1. The third-order valence-corrected chi connectivity index (χ3v) is 5.60. The van der Waals surface area contributed by atoms with Crippen molar-refractivity contribution in [2.75, 3.05) is 59.0 Å². The van der Waals surface area contributed by atoms with Crippen molar-refractivity contribution in [2.45, 2.75) is 31.5 Å². The molecule has 3 saturated heterocycles. The lowest BCUT2D eigenvalue weighted by atomic mass is 10.1. The number of piperazine rings is 1. The molecule has 0 aromatic carbocycles. The zero-order valence-electron chi connectivity index (χ0n) is 15.3. The summed E-state index contributed by atoms with van der Waals surface area (Å²) < 4.78 is 7.39. The van der Waals surface area contributed by atoms with E-state index in [1.54, 1.807) is 10.9 Å². The molecule has 0 unspecified atom stereocenters. The zero-order chi connectivity index (χ0) is 17.8. The van der Waals surface area contributed by atoms with Gasteiger partial charge in [0.1, 0.15) is 0 Å². The summed E-state index contributed by atoms with van der Waals surface area (Å²) in [7, 11) is 0. The molecule has 4 rings (SSSR count). The highest BCUT2D eigenvalue weighted by molar-refractivity contribution is 5.92. The van der Waals surface area contributed by atoms with E-state index in [1.165, 1.54) is 12.8 Å². The maximum atomic E-state index is 12.6. The van der Waals surface area contributed by atoms with Crippen LogP contribution in [0.25, 0.3) is 0 Å².